The van der Waals surface area contributed by atoms with Gasteiger partial charge < -0.3 is 4.57 Å². The molecule has 0 saturated carbocycles. The molecule has 0 aliphatic rings. The fraction of sp³-hybridized carbons (Fsp3) is 0.400. The average molecular weight is 311 g/mol. The molecule has 2 rings (SSSR count). The molecule has 0 saturated heterocycles. The Bertz CT molecular complexity index is 585. The summed E-state index contributed by atoms with van der Waals surface area (Å²) in [6.07, 6.45) is 6.13. The average Bonchev–Trinajstić information content (AvgIpc) is 2.88. The third-order valence-electron chi connectivity index (χ3n) is 3.41. The van der Waals surface area contributed by atoms with Gasteiger partial charge in [-0.2, -0.15) is 0 Å². The summed E-state index contributed by atoms with van der Waals surface area (Å²) in [7, 11) is 0. The largest absolute Gasteiger partial charge is 0.335 e. The minimum atomic E-state index is -0.334. The van der Waals surface area contributed by atoms with Crippen LogP contribution in [-0.2, 0) is 19.4 Å². The summed E-state index contributed by atoms with van der Waals surface area (Å²) in [5, 5.41) is 0.423. The second-order valence-electron chi connectivity index (χ2n) is 5.04. The van der Waals surface area contributed by atoms with Gasteiger partial charge in [-0.15, -0.1) is 0 Å². The van der Waals surface area contributed by atoms with Gasteiger partial charge in [-0.05, 0) is 30.5 Å². The van der Waals surface area contributed by atoms with Crippen molar-refractivity contribution in [3.05, 3.63) is 52.8 Å². The van der Waals surface area contributed by atoms with Crippen LogP contribution in [0.1, 0.15) is 24.7 Å². The number of imidazole rings is 1. The van der Waals surface area contributed by atoms with Crippen LogP contribution in [0.15, 0.2) is 30.6 Å². The highest BCUT2D eigenvalue weighted by Crippen LogP contribution is 2.19. The lowest BCUT2D eigenvalue weighted by atomic mass is 10.0. The first kappa shape index (κ1) is 15.9. The first-order valence-corrected chi connectivity index (χ1v) is 7.42. The van der Waals surface area contributed by atoms with Crippen LogP contribution in [0.25, 0.3) is 0 Å². The predicted molar refractivity (Wildman–Crippen MR) is 82.4 cm³/mol. The molecule has 1 heterocycles. The molecule has 1 unspecified atom stereocenters. The Kier molecular flexibility index (Phi) is 5.73. The number of rotatable bonds is 7. The summed E-state index contributed by atoms with van der Waals surface area (Å²) in [5.74, 6) is 6.29. The van der Waals surface area contributed by atoms with Crippen molar-refractivity contribution in [2.45, 2.75) is 38.8 Å². The molecule has 0 bridgehead atoms. The van der Waals surface area contributed by atoms with Gasteiger partial charge in [0.25, 0.3) is 0 Å². The van der Waals surface area contributed by atoms with E-state index < -0.39 is 0 Å². The zero-order valence-corrected chi connectivity index (χ0v) is 12.8. The number of hydrazine groups is 1. The van der Waals surface area contributed by atoms with E-state index in [2.05, 4.69) is 21.9 Å². The van der Waals surface area contributed by atoms with Gasteiger partial charge in [0.15, 0.2) is 0 Å². The summed E-state index contributed by atoms with van der Waals surface area (Å²) in [5.41, 5.74) is 3.66. The van der Waals surface area contributed by atoms with Gasteiger partial charge in [0, 0.05) is 36.4 Å². The van der Waals surface area contributed by atoms with Gasteiger partial charge in [-0.1, -0.05) is 24.6 Å². The molecule has 2 aromatic rings. The van der Waals surface area contributed by atoms with Gasteiger partial charge in [0.1, 0.15) is 11.6 Å². The summed E-state index contributed by atoms with van der Waals surface area (Å²) in [4.78, 5) is 4.38. The highest BCUT2D eigenvalue weighted by Gasteiger charge is 2.14. The van der Waals surface area contributed by atoms with Crippen molar-refractivity contribution < 1.29 is 4.39 Å². The van der Waals surface area contributed by atoms with Crippen LogP contribution in [0.2, 0.25) is 5.02 Å². The van der Waals surface area contributed by atoms with Crippen molar-refractivity contribution in [3.8, 4) is 0 Å². The second kappa shape index (κ2) is 7.54. The van der Waals surface area contributed by atoms with Crippen LogP contribution < -0.4 is 11.3 Å². The molecule has 0 spiro atoms. The van der Waals surface area contributed by atoms with E-state index in [4.69, 9.17) is 17.4 Å². The van der Waals surface area contributed by atoms with Crippen molar-refractivity contribution in [1.82, 2.24) is 15.0 Å². The maximum absolute atomic E-state index is 13.1. The highest BCUT2D eigenvalue weighted by molar-refractivity contribution is 6.31. The van der Waals surface area contributed by atoms with Crippen molar-refractivity contribution in [2.24, 2.45) is 5.84 Å². The molecule has 1 aromatic carbocycles. The zero-order chi connectivity index (χ0) is 15.2. The minimum Gasteiger partial charge on any atom is -0.335 e. The van der Waals surface area contributed by atoms with Gasteiger partial charge >= 0.3 is 0 Å². The van der Waals surface area contributed by atoms with Gasteiger partial charge in [0.2, 0.25) is 0 Å². The molecule has 4 nitrogen and oxygen atoms in total. The predicted octanol–water partition coefficient (Wildman–Crippen LogP) is 2.70. The Morgan fingerprint density at radius 1 is 1.43 bits per heavy atom. The molecule has 0 radical (unpaired) electrons. The minimum absolute atomic E-state index is 0.00836. The van der Waals surface area contributed by atoms with E-state index in [9.17, 15) is 4.39 Å². The lowest BCUT2D eigenvalue weighted by molar-refractivity contribution is 0.495. The Morgan fingerprint density at radius 2 is 2.24 bits per heavy atom. The molecular weight excluding hydrogens is 291 g/mol. The van der Waals surface area contributed by atoms with Gasteiger partial charge in [0.05, 0.1) is 0 Å². The first-order valence-electron chi connectivity index (χ1n) is 7.04. The van der Waals surface area contributed by atoms with Crippen LogP contribution in [0.4, 0.5) is 4.39 Å². The fourth-order valence-corrected chi connectivity index (χ4v) is 2.58. The lowest BCUT2D eigenvalue weighted by Crippen LogP contribution is -2.39. The topological polar surface area (TPSA) is 55.9 Å². The molecule has 6 heteroatoms. The number of aryl methyl sites for hydroxylation is 1. The SMILES string of the molecule is CCCn1ccnc1CC(Cc1ccc(F)cc1Cl)NN. The maximum Gasteiger partial charge on any atom is 0.124 e. The standard InChI is InChI=1S/C15H20ClFN4/c1-2-6-21-7-5-19-15(21)10-13(20-18)8-11-3-4-12(17)9-14(11)16/h3-5,7,9,13,20H,2,6,8,10,18H2,1H3. The monoisotopic (exact) mass is 310 g/mol. The maximum atomic E-state index is 13.1. The Balaban J connectivity index is 2.07. The van der Waals surface area contributed by atoms with Crippen LogP contribution in [0, 0.1) is 5.82 Å². The van der Waals surface area contributed by atoms with Crippen LogP contribution >= 0.6 is 11.6 Å². The third kappa shape index (κ3) is 4.27. The molecule has 0 fully saturated rings. The quantitative estimate of drug-likeness (QED) is 0.611. The van der Waals surface area contributed by atoms with Crippen molar-refractivity contribution in [3.63, 3.8) is 0 Å². The fourth-order valence-electron chi connectivity index (χ4n) is 2.34. The van der Waals surface area contributed by atoms with Crippen molar-refractivity contribution >= 4 is 11.6 Å². The Morgan fingerprint density at radius 3 is 2.90 bits per heavy atom. The molecule has 0 aliphatic heterocycles. The smallest absolute Gasteiger partial charge is 0.124 e. The summed E-state index contributed by atoms with van der Waals surface area (Å²) >= 11 is 6.06. The van der Waals surface area contributed by atoms with E-state index in [1.54, 1.807) is 12.3 Å². The Hall–Kier alpha value is -1.43. The zero-order valence-electron chi connectivity index (χ0n) is 12.0. The lowest BCUT2D eigenvalue weighted by Gasteiger charge is -2.17. The van der Waals surface area contributed by atoms with Crippen molar-refractivity contribution in [2.75, 3.05) is 0 Å². The van der Waals surface area contributed by atoms with E-state index in [1.807, 2.05) is 6.20 Å². The number of nitrogens with zero attached hydrogens (tertiary/aromatic N) is 2. The van der Waals surface area contributed by atoms with Crippen LogP contribution in [-0.4, -0.2) is 15.6 Å². The van der Waals surface area contributed by atoms with Crippen LogP contribution in [0.5, 0.6) is 0 Å². The number of nitrogens with two attached hydrogens (primary N) is 1. The van der Waals surface area contributed by atoms with E-state index in [1.165, 1.54) is 12.1 Å². The third-order valence-corrected chi connectivity index (χ3v) is 3.76. The number of hydrogen-bond acceptors (Lipinski definition) is 3. The second-order valence-corrected chi connectivity index (χ2v) is 5.45. The molecule has 1 aromatic heterocycles. The van der Waals surface area contributed by atoms with Crippen molar-refractivity contribution in [1.29, 1.82) is 0 Å². The molecule has 1 atom stereocenters. The molecule has 21 heavy (non-hydrogen) atoms. The molecule has 0 aliphatic carbocycles. The van der Waals surface area contributed by atoms with E-state index in [0.29, 0.717) is 17.9 Å². The van der Waals surface area contributed by atoms with E-state index in [-0.39, 0.29) is 11.9 Å². The number of nitrogens with one attached hydrogen (secondary N) is 1. The molecular formula is C15H20ClFN4. The summed E-state index contributed by atoms with van der Waals surface area (Å²) < 4.78 is 15.2. The molecule has 3 N–H and O–H groups in total. The summed E-state index contributed by atoms with van der Waals surface area (Å²) in [6, 6.07) is 4.42. The normalized spacial score (nSPS) is 12.6. The number of hydrogen-bond donors (Lipinski definition) is 2. The first-order chi connectivity index (χ1) is 10.1. The summed E-state index contributed by atoms with van der Waals surface area (Å²) in [6.45, 7) is 3.06. The van der Waals surface area contributed by atoms with E-state index >= 15 is 0 Å². The molecule has 0 amide bonds. The molecule has 114 valence electrons. The van der Waals surface area contributed by atoms with Gasteiger partial charge in [-0.25, -0.2) is 9.37 Å². The Labute approximate surface area is 129 Å². The number of aromatic nitrogens is 2. The van der Waals surface area contributed by atoms with E-state index in [0.717, 1.165) is 24.4 Å². The number of halogens is 2. The van der Waals surface area contributed by atoms with Gasteiger partial charge in [-0.3, -0.25) is 11.3 Å². The number of benzene rings is 1. The van der Waals surface area contributed by atoms with Crippen LogP contribution in [0.3, 0.4) is 0 Å². The highest BCUT2D eigenvalue weighted by atomic mass is 35.5.